The third-order valence-electron chi connectivity index (χ3n) is 3.95. The lowest BCUT2D eigenvalue weighted by Gasteiger charge is -2.15. The lowest BCUT2D eigenvalue weighted by Crippen LogP contribution is -2.25. The molecule has 106 valence electrons. The second kappa shape index (κ2) is 4.44. The van der Waals surface area contributed by atoms with Crippen LogP contribution in [-0.2, 0) is 23.1 Å². The molecule has 0 amide bonds. The fraction of sp³-hybridized carbons (Fsp3) is 0.125. The van der Waals surface area contributed by atoms with Crippen LogP contribution in [0.1, 0.15) is 11.3 Å². The molecule has 4 nitrogen and oxygen atoms in total. The molecule has 0 spiro atoms. The van der Waals surface area contributed by atoms with Gasteiger partial charge in [0.15, 0.2) is 0 Å². The molecule has 0 saturated carbocycles. The van der Waals surface area contributed by atoms with Crippen molar-refractivity contribution in [2.24, 2.45) is 0 Å². The third kappa shape index (κ3) is 1.89. The van der Waals surface area contributed by atoms with Crippen molar-refractivity contribution in [3.05, 3.63) is 65.9 Å². The first-order valence-corrected chi connectivity index (χ1v) is 8.24. The zero-order chi connectivity index (χ0) is 14.4. The van der Waals surface area contributed by atoms with Gasteiger partial charge in [0.1, 0.15) is 0 Å². The van der Waals surface area contributed by atoms with E-state index in [9.17, 15) is 8.42 Å². The second-order valence-electron chi connectivity index (χ2n) is 5.21. The highest BCUT2D eigenvalue weighted by Gasteiger charge is 2.32. The van der Waals surface area contributed by atoms with Gasteiger partial charge in [-0.25, -0.2) is 8.42 Å². The second-order valence-corrected chi connectivity index (χ2v) is 7.15. The van der Waals surface area contributed by atoms with Gasteiger partial charge in [0.2, 0.25) is 10.0 Å². The van der Waals surface area contributed by atoms with Crippen LogP contribution in [0.3, 0.4) is 0 Å². The highest BCUT2D eigenvalue weighted by atomic mass is 32.2. The molecule has 21 heavy (non-hydrogen) atoms. The number of para-hydroxylation sites is 1. The monoisotopic (exact) mass is 298 g/mol. The number of hydrogen-bond acceptors (Lipinski definition) is 2. The summed E-state index contributed by atoms with van der Waals surface area (Å²) in [6.45, 7) is 0.831. The first-order chi connectivity index (χ1) is 10.2. The van der Waals surface area contributed by atoms with E-state index in [0.717, 1.165) is 22.2 Å². The molecule has 1 aliphatic rings. The van der Waals surface area contributed by atoms with Gasteiger partial charge in [0.05, 0.1) is 11.4 Å². The van der Waals surface area contributed by atoms with Crippen LogP contribution in [0.5, 0.6) is 0 Å². The zero-order valence-corrected chi connectivity index (χ0v) is 12.1. The standard InChI is InChI=1S/C16H14N2O2S/c19-21(20,12-6-2-1-3-7-12)18-10-14-13-8-4-5-9-15(13)17-16(14)11-18/h1-9,17H,10-11H2. The number of sulfonamides is 1. The Kier molecular flexibility index (Phi) is 2.67. The van der Waals surface area contributed by atoms with E-state index in [4.69, 9.17) is 0 Å². The molecule has 3 aromatic rings. The molecule has 1 aliphatic heterocycles. The summed E-state index contributed by atoms with van der Waals surface area (Å²) in [6, 6.07) is 16.6. The highest BCUT2D eigenvalue weighted by Crippen LogP contribution is 2.33. The first kappa shape index (κ1) is 12.6. The van der Waals surface area contributed by atoms with Gasteiger partial charge in [-0.3, -0.25) is 0 Å². The van der Waals surface area contributed by atoms with Crippen molar-refractivity contribution < 1.29 is 8.42 Å². The molecule has 0 atom stereocenters. The van der Waals surface area contributed by atoms with Crippen LogP contribution in [-0.4, -0.2) is 17.7 Å². The van der Waals surface area contributed by atoms with Crippen molar-refractivity contribution in [2.75, 3.05) is 0 Å². The SMILES string of the molecule is O=S(=O)(c1ccccc1)N1Cc2[nH]c3ccccc3c2C1. The predicted octanol–water partition coefficient (Wildman–Crippen LogP) is 2.87. The van der Waals surface area contributed by atoms with Crippen molar-refractivity contribution in [1.82, 2.24) is 9.29 Å². The van der Waals surface area contributed by atoms with E-state index in [1.54, 1.807) is 24.3 Å². The van der Waals surface area contributed by atoms with E-state index in [-0.39, 0.29) is 0 Å². The number of H-pyrrole nitrogens is 1. The average molecular weight is 298 g/mol. The number of aromatic amines is 1. The summed E-state index contributed by atoms with van der Waals surface area (Å²) in [5.41, 5.74) is 3.15. The van der Waals surface area contributed by atoms with Gasteiger partial charge in [-0.15, -0.1) is 0 Å². The van der Waals surface area contributed by atoms with E-state index in [0.29, 0.717) is 18.0 Å². The lowest BCUT2D eigenvalue weighted by molar-refractivity contribution is 0.430. The molecule has 0 aliphatic carbocycles. The van der Waals surface area contributed by atoms with Crippen LogP contribution in [0.2, 0.25) is 0 Å². The Labute approximate surface area is 123 Å². The molecule has 5 heteroatoms. The van der Waals surface area contributed by atoms with Crippen molar-refractivity contribution in [2.45, 2.75) is 18.0 Å². The molecule has 0 radical (unpaired) electrons. The minimum absolute atomic E-state index is 0.347. The van der Waals surface area contributed by atoms with Crippen LogP contribution >= 0.6 is 0 Å². The summed E-state index contributed by atoms with van der Waals surface area (Å²) in [6.07, 6.45) is 0. The topological polar surface area (TPSA) is 53.2 Å². The maximum Gasteiger partial charge on any atom is 0.243 e. The average Bonchev–Trinajstić information content (AvgIpc) is 3.06. The van der Waals surface area contributed by atoms with Gasteiger partial charge < -0.3 is 4.98 Å². The fourth-order valence-electron chi connectivity index (χ4n) is 2.89. The van der Waals surface area contributed by atoms with Crippen molar-refractivity contribution in [3.8, 4) is 0 Å². The summed E-state index contributed by atoms with van der Waals surface area (Å²) in [4.78, 5) is 3.67. The summed E-state index contributed by atoms with van der Waals surface area (Å²) in [7, 11) is -3.43. The van der Waals surface area contributed by atoms with Crippen LogP contribution < -0.4 is 0 Å². The molecule has 2 aromatic carbocycles. The number of hydrogen-bond donors (Lipinski definition) is 1. The van der Waals surface area contributed by atoms with Crippen LogP contribution in [0, 0.1) is 0 Å². The Morgan fingerprint density at radius 1 is 0.905 bits per heavy atom. The van der Waals surface area contributed by atoms with Gasteiger partial charge >= 0.3 is 0 Å². The Morgan fingerprint density at radius 3 is 2.43 bits per heavy atom. The Morgan fingerprint density at radius 2 is 1.62 bits per heavy atom. The molecule has 1 N–H and O–H groups in total. The Bertz CT molecular complexity index is 914. The predicted molar refractivity (Wildman–Crippen MR) is 81.2 cm³/mol. The molecular formula is C16H14N2O2S. The van der Waals surface area contributed by atoms with E-state index in [1.807, 2.05) is 30.3 Å². The minimum atomic E-state index is -3.43. The normalized spacial score (nSPS) is 15.4. The highest BCUT2D eigenvalue weighted by molar-refractivity contribution is 7.89. The first-order valence-electron chi connectivity index (χ1n) is 6.80. The number of aromatic nitrogens is 1. The van der Waals surface area contributed by atoms with E-state index < -0.39 is 10.0 Å². The molecular weight excluding hydrogens is 284 g/mol. The van der Waals surface area contributed by atoms with E-state index >= 15 is 0 Å². The van der Waals surface area contributed by atoms with Crippen molar-refractivity contribution in [3.63, 3.8) is 0 Å². The van der Waals surface area contributed by atoms with Crippen LogP contribution in [0.4, 0.5) is 0 Å². The van der Waals surface area contributed by atoms with Crippen LogP contribution in [0.25, 0.3) is 10.9 Å². The van der Waals surface area contributed by atoms with E-state index in [1.165, 1.54) is 4.31 Å². The zero-order valence-electron chi connectivity index (χ0n) is 11.3. The number of nitrogens with one attached hydrogen (secondary N) is 1. The van der Waals surface area contributed by atoms with Crippen LogP contribution in [0.15, 0.2) is 59.5 Å². The molecule has 0 saturated heterocycles. The number of benzene rings is 2. The molecule has 4 rings (SSSR count). The maximum absolute atomic E-state index is 12.6. The van der Waals surface area contributed by atoms with Gasteiger partial charge in [-0.05, 0) is 23.8 Å². The Hall–Kier alpha value is -2.11. The largest absolute Gasteiger partial charge is 0.357 e. The summed E-state index contributed by atoms with van der Waals surface area (Å²) < 4.78 is 26.8. The molecule has 0 unspecified atom stereocenters. The summed E-state index contributed by atoms with van der Waals surface area (Å²) >= 11 is 0. The summed E-state index contributed by atoms with van der Waals surface area (Å²) in [5, 5.41) is 1.11. The number of rotatable bonds is 2. The Balaban J connectivity index is 1.74. The quantitative estimate of drug-likeness (QED) is 0.791. The molecule has 1 aromatic heterocycles. The van der Waals surface area contributed by atoms with Gasteiger partial charge in [-0.2, -0.15) is 4.31 Å². The molecule has 0 fully saturated rings. The maximum atomic E-state index is 12.6. The summed E-state index contributed by atoms with van der Waals surface area (Å²) in [5.74, 6) is 0. The smallest absolute Gasteiger partial charge is 0.243 e. The number of nitrogens with zero attached hydrogens (tertiary/aromatic N) is 1. The van der Waals surface area contributed by atoms with Gasteiger partial charge in [0.25, 0.3) is 0 Å². The lowest BCUT2D eigenvalue weighted by atomic mass is 10.1. The third-order valence-corrected chi connectivity index (χ3v) is 5.76. The van der Waals surface area contributed by atoms with E-state index in [2.05, 4.69) is 4.98 Å². The molecule has 2 heterocycles. The molecule has 0 bridgehead atoms. The van der Waals surface area contributed by atoms with Crippen molar-refractivity contribution in [1.29, 1.82) is 0 Å². The van der Waals surface area contributed by atoms with Gasteiger partial charge in [0, 0.05) is 23.1 Å². The fourth-order valence-corrected chi connectivity index (χ4v) is 4.29. The minimum Gasteiger partial charge on any atom is -0.357 e. The number of fused-ring (bicyclic) bond motifs is 3. The van der Waals surface area contributed by atoms with Gasteiger partial charge in [-0.1, -0.05) is 36.4 Å². The van der Waals surface area contributed by atoms with Crippen molar-refractivity contribution >= 4 is 20.9 Å².